The van der Waals surface area contributed by atoms with Crippen LogP contribution in [0.5, 0.6) is 0 Å². The predicted octanol–water partition coefficient (Wildman–Crippen LogP) is 1.03. The molecule has 0 aliphatic heterocycles. The summed E-state index contributed by atoms with van der Waals surface area (Å²) >= 11 is 0.808. The van der Waals surface area contributed by atoms with Crippen molar-refractivity contribution in [2.75, 3.05) is 0 Å². The zero-order valence-electron chi connectivity index (χ0n) is 9.44. The molecule has 0 aliphatic rings. The molecule has 0 bridgehead atoms. The van der Waals surface area contributed by atoms with Crippen molar-refractivity contribution in [1.29, 1.82) is 0 Å². The van der Waals surface area contributed by atoms with Crippen molar-refractivity contribution in [2.24, 2.45) is 0 Å². The molecule has 0 amide bonds. The molecule has 0 saturated heterocycles. The van der Waals surface area contributed by atoms with Crippen LogP contribution in [0.3, 0.4) is 0 Å². The second-order valence-electron chi connectivity index (χ2n) is 3.50. The van der Waals surface area contributed by atoms with Crippen LogP contribution < -0.4 is 4.72 Å². The van der Waals surface area contributed by atoms with Crippen LogP contribution in [0.4, 0.5) is 5.69 Å². The average molecular weight is 272 g/mol. The first-order valence-corrected chi connectivity index (χ1v) is 5.81. The van der Waals surface area contributed by atoms with Crippen molar-refractivity contribution in [3.05, 3.63) is 34.4 Å². The van der Waals surface area contributed by atoms with Crippen molar-refractivity contribution >= 4 is 23.6 Å². The number of nitro benzene ring substituents is 1. The maximum absolute atomic E-state index is 10.8. The average Bonchev–Trinajstić information content (AvgIpc) is 2.28. The van der Waals surface area contributed by atoms with Crippen LogP contribution in [-0.4, -0.2) is 33.3 Å². The number of benzene rings is 1. The van der Waals surface area contributed by atoms with Gasteiger partial charge in [-0.1, -0.05) is 12.1 Å². The third kappa shape index (κ3) is 3.69. The first-order valence-electron chi connectivity index (χ1n) is 5.00. The van der Waals surface area contributed by atoms with Crippen molar-refractivity contribution in [1.82, 2.24) is 4.72 Å². The van der Waals surface area contributed by atoms with Gasteiger partial charge < -0.3 is 10.2 Å². The van der Waals surface area contributed by atoms with E-state index in [0.717, 1.165) is 11.9 Å². The fourth-order valence-electron chi connectivity index (χ4n) is 1.18. The number of carboxylic acids is 1. The van der Waals surface area contributed by atoms with Gasteiger partial charge in [-0.05, 0) is 24.9 Å². The maximum atomic E-state index is 10.8. The minimum Gasteiger partial charge on any atom is -0.480 e. The molecule has 98 valence electrons. The number of carbonyl (C=O) groups is 1. The first kappa shape index (κ1) is 14.4. The van der Waals surface area contributed by atoms with Gasteiger partial charge in [-0.3, -0.25) is 14.9 Å². The number of nitrogens with zero attached hydrogens (tertiary/aromatic N) is 1. The van der Waals surface area contributed by atoms with E-state index in [-0.39, 0.29) is 10.6 Å². The second-order valence-corrected chi connectivity index (χ2v) is 4.38. The van der Waals surface area contributed by atoms with Crippen LogP contribution in [0, 0.1) is 10.1 Å². The number of aliphatic carboxylic acids is 1. The molecular formula is C10H12N2O5S. The van der Waals surface area contributed by atoms with Crippen LogP contribution >= 0.6 is 11.9 Å². The van der Waals surface area contributed by atoms with E-state index in [0.29, 0.717) is 0 Å². The molecule has 8 heteroatoms. The summed E-state index contributed by atoms with van der Waals surface area (Å²) in [6.07, 6.45) is -1.11. The Morgan fingerprint density at radius 1 is 1.50 bits per heavy atom. The Labute approximate surface area is 107 Å². The molecule has 0 radical (unpaired) electrons. The highest BCUT2D eigenvalue weighted by molar-refractivity contribution is 7.97. The van der Waals surface area contributed by atoms with E-state index < -0.39 is 23.0 Å². The number of hydrogen-bond donors (Lipinski definition) is 3. The topological polar surface area (TPSA) is 113 Å². The lowest BCUT2D eigenvalue weighted by Gasteiger charge is -2.15. The van der Waals surface area contributed by atoms with E-state index >= 15 is 0 Å². The van der Waals surface area contributed by atoms with Gasteiger partial charge in [0.1, 0.15) is 10.9 Å². The Bertz CT molecular complexity index is 452. The van der Waals surface area contributed by atoms with Gasteiger partial charge >= 0.3 is 5.97 Å². The Kier molecular flexibility index (Phi) is 5.08. The minimum absolute atomic E-state index is 0.121. The van der Waals surface area contributed by atoms with Crippen molar-refractivity contribution in [3.63, 3.8) is 0 Å². The molecule has 7 nitrogen and oxygen atoms in total. The number of nitrogens with one attached hydrogen (secondary N) is 1. The molecule has 0 saturated carbocycles. The zero-order chi connectivity index (χ0) is 13.7. The fourth-order valence-corrected chi connectivity index (χ4v) is 2.12. The SMILES string of the molecule is C[C@@H](O)[C@H](NSc1ccccc1[N+](=O)[O-])C(=O)O. The molecule has 0 aromatic heterocycles. The van der Waals surface area contributed by atoms with Crippen molar-refractivity contribution in [3.8, 4) is 0 Å². The third-order valence-corrected chi connectivity index (χ3v) is 3.04. The normalized spacial score (nSPS) is 13.9. The maximum Gasteiger partial charge on any atom is 0.324 e. The molecule has 0 fully saturated rings. The summed E-state index contributed by atoms with van der Waals surface area (Å²) in [6, 6.07) is 4.74. The lowest BCUT2D eigenvalue weighted by Crippen LogP contribution is -2.41. The van der Waals surface area contributed by atoms with Gasteiger partial charge in [0.15, 0.2) is 0 Å². The Hall–Kier alpha value is -1.64. The summed E-state index contributed by atoms with van der Waals surface area (Å²) in [4.78, 5) is 21.3. The van der Waals surface area contributed by atoms with Crippen molar-refractivity contribution in [2.45, 2.75) is 24.0 Å². The Morgan fingerprint density at radius 2 is 2.11 bits per heavy atom. The number of nitro groups is 1. The van der Waals surface area contributed by atoms with E-state index in [1.54, 1.807) is 6.07 Å². The van der Waals surface area contributed by atoms with Crippen LogP contribution in [-0.2, 0) is 4.79 Å². The van der Waals surface area contributed by atoms with Gasteiger partial charge in [0.25, 0.3) is 5.69 Å². The molecule has 1 rings (SSSR count). The molecule has 0 aliphatic carbocycles. The lowest BCUT2D eigenvalue weighted by atomic mass is 10.2. The highest BCUT2D eigenvalue weighted by atomic mass is 32.2. The number of para-hydroxylation sites is 1. The number of rotatable bonds is 6. The molecule has 0 spiro atoms. The molecule has 3 N–H and O–H groups in total. The molecule has 0 heterocycles. The minimum atomic E-state index is -1.23. The summed E-state index contributed by atoms with van der Waals surface area (Å²) in [5.74, 6) is -1.23. The highest BCUT2D eigenvalue weighted by Crippen LogP contribution is 2.27. The van der Waals surface area contributed by atoms with E-state index in [2.05, 4.69) is 4.72 Å². The monoisotopic (exact) mass is 272 g/mol. The molecule has 18 heavy (non-hydrogen) atoms. The van der Waals surface area contributed by atoms with Crippen LogP contribution in [0.2, 0.25) is 0 Å². The van der Waals surface area contributed by atoms with E-state index in [1.165, 1.54) is 25.1 Å². The molecular weight excluding hydrogens is 260 g/mol. The zero-order valence-corrected chi connectivity index (χ0v) is 10.3. The summed E-state index contributed by atoms with van der Waals surface area (Å²) in [5, 5.41) is 28.8. The fraction of sp³-hybridized carbons (Fsp3) is 0.300. The predicted molar refractivity (Wildman–Crippen MR) is 65.2 cm³/mol. The molecule has 2 atom stereocenters. The number of aliphatic hydroxyl groups excluding tert-OH is 1. The summed E-state index contributed by atoms with van der Waals surface area (Å²) in [6.45, 7) is 1.33. The summed E-state index contributed by atoms with van der Waals surface area (Å²) in [5.41, 5.74) is -0.121. The van der Waals surface area contributed by atoms with Gasteiger partial charge in [0, 0.05) is 6.07 Å². The second kappa shape index (κ2) is 6.34. The standard InChI is InChI=1S/C10H12N2O5S/c1-6(13)9(10(14)15)11-18-8-5-3-2-4-7(8)12(16)17/h2-6,9,11,13H,1H3,(H,14,15)/t6-,9+/m1/s1. The molecule has 0 unspecified atom stereocenters. The Morgan fingerprint density at radius 3 is 2.61 bits per heavy atom. The largest absolute Gasteiger partial charge is 0.480 e. The van der Waals surface area contributed by atoms with Crippen LogP contribution in [0.15, 0.2) is 29.2 Å². The van der Waals surface area contributed by atoms with Crippen LogP contribution in [0.25, 0.3) is 0 Å². The van der Waals surface area contributed by atoms with Gasteiger partial charge in [-0.2, -0.15) is 0 Å². The quantitative estimate of drug-likeness (QED) is 0.402. The summed E-state index contributed by atoms with van der Waals surface area (Å²) < 4.78 is 2.49. The lowest BCUT2D eigenvalue weighted by molar-refractivity contribution is -0.387. The van der Waals surface area contributed by atoms with Gasteiger partial charge in [-0.15, -0.1) is 0 Å². The van der Waals surface area contributed by atoms with Crippen LogP contribution in [0.1, 0.15) is 6.92 Å². The number of aliphatic hydroxyl groups is 1. The third-order valence-electron chi connectivity index (χ3n) is 2.11. The first-order chi connectivity index (χ1) is 8.43. The van der Waals surface area contributed by atoms with Gasteiger partial charge in [-0.25, -0.2) is 4.72 Å². The van der Waals surface area contributed by atoms with Gasteiger partial charge in [0.2, 0.25) is 0 Å². The van der Waals surface area contributed by atoms with E-state index in [4.69, 9.17) is 5.11 Å². The van der Waals surface area contributed by atoms with Crippen molar-refractivity contribution < 1.29 is 19.9 Å². The number of hydrogen-bond acceptors (Lipinski definition) is 6. The van der Waals surface area contributed by atoms with E-state index in [9.17, 15) is 20.0 Å². The molecule has 1 aromatic rings. The van der Waals surface area contributed by atoms with E-state index in [1.807, 2.05) is 0 Å². The smallest absolute Gasteiger partial charge is 0.324 e. The highest BCUT2D eigenvalue weighted by Gasteiger charge is 2.24. The molecule has 1 aromatic carbocycles. The summed E-state index contributed by atoms with van der Waals surface area (Å²) in [7, 11) is 0. The Balaban J connectivity index is 2.79. The number of carboxylic acid groups (broad SMARTS) is 1. The van der Waals surface area contributed by atoms with Gasteiger partial charge in [0.05, 0.1) is 11.0 Å².